The van der Waals surface area contributed by atoms with Gasteiger partial charge in [-0.15, -0.1) is 0 Å². The number of nitrogens with two attached hydrogens (primary N) is 2. The number of hydrogen-bond acceptors (Lipinski definition) is 3. The van der Waals surface area contributed by atoms with Crippen LogP contribution in [0.1, 0.15) is 46.5 Å². The van der Waals surface area contributed by atoms with E-state index in [2.05, 4.69) is 20.8 Å². The maximum atomic E-state index is 12.6. The minimum absolute atomic E-state index is 0.0130. The molecule has 5 heteroatoms. The monoisotopic (exact) mass is 269 g/mol. The first-order valence-electron chi connectivity index (χ1n) is 7.06. The third-order valence-corrected chi connectivity index (χ3v) is 3.61. The summed E-state index contributed by atoms with van der Waals surface area (Å²) in [6, 6.07) is -0.449. The van der Waals surface area contributed by atoms with Crippen LogP contribution in [0.25, 0.3) is 0 Å². The van der Waals surface area contributed by atoms with Gasteiger partial charge in [-0.05, 0) is 31.1 Å². The molecule has 2 atom stereocenters. The number of piperidine rings is 1. The van der Waals surface area contributed by atoms with Gasteiger partial charge in [-0.3, -0.25) is 9.59 Å². The topological polar surface area (TPSA) is 89.4 Å². The molecule has 110 valence electrons. The van der Waals surface area contributed by atoms with Crippen LogP contribution in [0.3, 0.4) is 0 Å². The molecule has 0 aromatic rings. The van der Waals surface area contributed by atoms with Crippen molar-refractivity contribution in [1.29, 1.82) is 0 Å². The molecule has 1 fully saturated rings. The Morgan fingerprint density at radius 3 is 2.42 bits per heavy atom. The average molecular weight is 269 g/mol. The highest BCUT2D eigenvalue weighted by Gasteiger charge is 2.35. The van der Waals surface area contributed by atoms with E-state index in [-0.39, 0.29) is 17.2 Å². The number of nitrogens with zero attached hydrogens (tertiary/aromatic N) is 1. The minimum Gasteiger partial charge on any atom is -0.368 e. The zero-order valence-electron chi connectivity index (χ0n) is 12.3. The summed E-state index contributed by atoms with van der Waals surface area (Å²) in [6.45, 7) is 7.20. The van der Waals surface area contributed by atoms with Crippen molar-refractivity contribution in [2.45, 2.75) is 52.5 Å². The van der Waals surface area contributed by atoms with E-state index in [9.17, 15) is 9.59 Å². The summed E-state index contributed by atoms with van der Waals surface area (Å²) >= 11 is 0. The molecule has 4 N–H and O–H groups in total. The van der Waals surface area contributed by atoms with E-state index in [0.29, 0.717) is 19.5 Å². The van der Waals surface area contributed by atoms with Crippen LogP contribution in [0.2, 0.25) is 0 Å². The Kier molecular flexibility index (Phi) is 5.35. The molecule has 5 nitrogen and oxygen atoms in total. The summed E-state index contributed by atoms with van der Waals surface area (Å²) < 4.78 is 0. The summed E-state index contributed by atoms with van der Waals surface area (Å²) in [5.74, 6) is -0.638. The van der Waals surface area contributed by atoms with Crippen LogP contribution < -0.4 is 11.5 Å². The molecule has 0 aliphatic carbocycles. The fourth-order valence-corrected chi connectivity index (χ4v) is 2.74. The summed E-state index contributed by atoms with van der Waals surface area (Å²) in [6.07, 6.45) is 3.28. The molecule has 1 rings (SSSR count). The number of carbonyl (C=O) groups is 2. The van der Waals surface area contributed by atoms with Crippen molar-refractivity contribution >= 4 is 11.8 Å². The van der Waals surface area contributed by atoms with Crippen molar-refractivity contribution in [1.82, 2.24) is 4.90 Å². The molecule has 1 aliphatic rings. The van der Waals surface area contributed by atoms with Gasteiger partial charge >= 0.3 is 0 Å². The van der Waals surface area contributed by atoms with Crippen LogP contribution in [0.5, 0.6) is 0 Å². The van der Waals surface area contributed by atoms with Gasteiger partial charge in [-0.2, -0.15) is 0 Å². The fourth-order valence-electron chi connectivity index (χ4n) is 2.74. The van der Waals surface area contributed by atoms with Crippen LogP contribution in [-0.4, -0.2) is 35.8 Å². The van der Waals surface area contributed by atoms with E-state index in [1.54, 1.807) is 4.90 Å². The van der Waals surface area contributed by atoms with Crippen molar-refractivity contribution in [2.24, 2.45) is 22.8 Å². The smallest absolute Gasteiger partial charge is 0.240 e. The van der Waals surface area contributed by atoms with Gasteiger partial charge in [0.15, 0.2) is 0 Å². The summed E-state index contributed by atoms with van der Waals surface area (Å²) in [4.78, 5) is 25.7. The van der Waals surface area contributed by atoms with Gasteiger partial charge in [-0.1, -0.05) is 20.8 Å². The van der Waals surface area contributed by atoms with Gasteiger partial charge in [0, 0.05) is 13.1 Å². The van der Waals surface area contributed by atoms with Gasteiger partial charge in [0.1, 0.15) is 6.04 Å². The molecule has 2 amide bonds. The van der Waals surface area contributed by atoms with Crippen molar-refractivity contribution in [3.05, 3.63) is 0 Å². The number of rotatable bonds is 4. The van der Waals surface area contributed by atoms with Crippen molar-refractivity contribution < 1.29 is 9.59 Å². The third-order valence-electron chi connectivity index (χ3n) is 3.61. The Morgan fingerprint density at radius 2 is 1.95 bits per heavy atom. The van der Waals surface area contributed by atoms with Crippen LogP contribution in [0.15, 0.2) is 0 Å². The third kappa shape index (κ3) is 4.49. The molecule has 0 spiro atoms. The van der Waals surface area contributed by atoms with Crippen LogP contribution in [0, 0.1) is 11.3 Å². The minimum atomic E-state index is -0.449. The van der Waals surface area contributed by atoms with E-state index in [1.165, 1.54) is 0 Å². The molecule has 0 saturated carbocycles. The first kappa shape index (κ1) is 16.0. The number of carbonyl (C=O) groups excluding carboxylic acids is 2. The molecule has 1 saturated heterocycles. The molecule has 1 aliphatic heterocycles. The zero-order chi connectivity index (χ0) is 14.6. The first-order valence-corrected chi connectivity index (χ1v) is 7.06. The van der Waals surface area contributed by atoms with Gasteiger partial charge in [0.05, 0.1) is 5.92 Å². The van der Waals surface area contributed by atoms with Crippen LogP contribution in [-0.2, 0) is 9.59 Å². The predicted octanol–water partition coefficient (Wildman–Crippen LogP) is 0.864. The number of likely N-dealkylation sites (tertiary alicyclic amines) is 1. The highest BCUT2D eigenvalue weighted by atomic mass is 16.2. The van der Waals surface area contributed by atoms with Gasteiger partial charge in [0.25, 0.3) is 0 Å². The first-order chi connectivity index (χ1) is 8.76. The molecular weight excluding hydrogens is 242 g/mol. The number of amides is 2. The summed E-state index contributed by atoms with van der Waals surface area (Å²) in [5.41, 5.74) is 11.2. The Labute approximate surface area is 115 Å². The second-order valence-electron chi connectivity index (χ2n) is 6.64. The maximum Gasteiger partial charge on any atom is 0.240 e. The highest BCUT2D eigenvalue weighted by molar-refractivity contribution is 5.88. The summed E-state index contributed by atoms with van der Waals surface area (Å²) in [5, 5.41) is 0. The van der Waals surface area contributed by atoms with E-state index < -0.39 is 11.9 Å². The van der Waals surface area contributed by atoms with Crippen molar-refractivity contribution in [3.63, 3.8) is 0 Å². The van der Waals surface area contributed by atoms with E-state index >= 15 is 0 Å². The lowest BCUT2D eigenvalue weighted by atomic mass is 9.83. The molecule has 0 radical (unpaired) electrons. The summed E-state index contributed by atoms with van der Waals surface area (Å²) in [7, 11) is 0. The Balaban J connectivity index is 2.79. The van der Waals surface area contributed by atoms with E-state index in [0.717, 1.165) is 19.3 Å². The SMILES string of the molecule is CC(C)(C)CC(CN)C(=O)N1CCCCC1C(N)=O. The van der Waals surface area contributed by atoms with Crippen molar-refractivity contribution in [3.8, 4) is 0 Å². The molecule has 19 heavy (non-hydrogen) atoms. The van der Waals surface area contributed by atoms with Crippen LogP contribution >= 0.6 is 0 Å². The van der Waals surface area contributed by atoms with Gasteiger partial charge in [0.2, 0.25) is 11.8 Å². The Morgan fingerprint density at radius 1 is 1.32 bits per heavy atom. The van der Waals surface area contributed by atoms with Crippen molar-refractivity contribution in [2.75, 3.05) is 13.1 Å². The number of hydrogen-bond donors (Lipinski definition) is 2. The molecule has 0 aromatic heterocycles. The lowest BCUT2D eigenvalue weighted by Crippen LogP contribution is -2.53. The standard InChI is InChI=1S/C14H27N3O2/c1-14(2,3)8-10(9-15)13(19)17-7-5-4-6-11(17)12(16)18/h10-11H,4-9,15H2,1-3H3,(H2,16,18). The largest absolute Gasteiger partial charge is 0.368 e. The fraction of sp³-hybridized carbons (Fsp3) is 0.857. The van der Waals surface area contributed by atoms with Gasteiger partial charge in [-0.25, -0.2) is 0 Å². The van der Waals surface area contributed by atoms with Crippen LogP contribution in [0.4, 0.5) is 0 Å². The molecule has 0 aromatic carbocycles. The average Bonchev–Trinajstić information content (AvgIpc) is 2.34. The Hall–Kier alpha value is -1.10. The zero-order valence-corrected chi connectivity index (χ0v) is 12.3. The molecule has 0 bridgehead atoms. The van der Waals surface area contributed by atoms with Gasteiger partial charge < -0.3 is 16.4 Å². The normalized spacial score (nSPS) is 22.1. The van der Waals surface area contributed by atoms with E-state index in [4.69, 9.17) is 11.5 Å². The lowest BCUT2D eigenvalue weighted by molar-refractivity contribution is -0.145. The Bertz CT molecular complexity index is 336. The number of primary amides is 1. The molecule has 1 heterocycles. The molecular formula is C14H27N3O2. The molecule has 2 unspecified atom stereocenters. The lowest BCUT2D eigenvalue weighted by Gasteiger charge is -2.37. The quantitative estimate of drug-likeness (QED) is 0.793. The maximum absolute atomic E-state index is 12.6. The second-order valence-corrected chi connectivity index (χ2v) is 6.64. The highest BCUT2D eigenvalue weighted by Crippen LogP contribution is 2.27. The predicted molar refractivity (Wildman–Crippen MR) is 75.2 cm³/mol. The second kappa shape index (κ2) is 6.37. The van der Waals surface area contributed by atoms with E-state index in [1.807, 2.05) is 0 Å².